The third-order valence-electron chi connectivity index (χ3n) is 3.67. The number of carbonyl (C=O) groups is 2. The predicted octanol–water partition coefficient (Wildman–Crippen LogP) is 0.532. The zero-order chi connectivity index (χ0) is 15.6. The van der Waals surface area contributed by atoms with Crippen LogP contribution < -0.4 is 5.32 Å². The highest BCUT2D eigenvalue weighted by atomic mass is 35.5. The van der Waals surface area contributed by atoms with Gasteiger partial charge in [0, 0.05) is 19.1 Å². The molecule has 0 bridgehead atoms. The first-order valence-electron chi connectivity index (χ1n) is 6.78. The number of likely N-dealkylation sites (N-methyl/N-ethyl adjacent to an activating group) is 1. The summed E-state index contributed by atoms with van der Waals surface area (Å²) in [6.45, 7) is 3.03. The number of nitrogens with one attached hydrogen (secondary N) is 1. The van der Waals surface area contributed by atoms with Crippen LogP contribution in [0.25, 0.3) is 0 Å². The van der Waals surface area contributed by atoms with E-state index in [-0.39, 0.29) is 24.0 Å². The molecule has 1 aliphatic rings. The number of esters is 1. The summed E-state index contributed by atoms with van der Waals surface area (Å²) in [5.41, 5.74) is 0.350. The van der Waals surface area contributed by atoms with Gasteiger partial charge < -0.3 is 10.1 Å². The normalized spacial score (nSPS) is 22.3. The molecule has 0 saturated carbocycles. The number of amides is 1. The number of hydrogen-bond acceptors (Lipinski definition) is 5. The molecule has 2 rings (SSSR count). The van der Waals surface area contributed by atoms with Crippen molar-refractivity contribution in [3.8, 4) is 0 Å². The average Bonchev–Trinajstić information content (AvgIpc) is 3.00. The van der Waals surface area contributed by atoms with Crippen LogP contribution in [0.2, 0.25) is 5.02 Å². The molecule has 0 unspecified atom stereocenters. The summed E-state index contributed by atoms with van der Waals surface area (Å²) in [4.78, 5) is 25.8. The first-order chi connectivity index (χ1) is 9.97. The Kier molecular flexibility index (Phi) is 4.84. The molecule has 1 aromatic heterocycles. The van der Waals surface area contributed by atoms with E-state index in [4.69, 9.17) is 16.3 Å². The van der Waals surface area contributed by atoms with Gasteiger partial charge in [-0.15, -0.1) is 0 Å². The number of carbonyl (C=O) groups excluding carboxylic acids is 2. The van der Waals surface area contributed by atoms with Gasteiger partial charge in [-0.1, -0.05) is 11.6 Å². The molecule has 2 heterocycles. The van der Waals surface area contributed by atoms with Crippen LogP contribution in [-0.2, 0) is 16.1 Å². The van der Waals surface area contributed by atoms with Crippen molar-refractivity contribution in [2.75, 3.05) is 20.7 Å². The van der Waals surface area contributed by atoms with Crippen molar-refractivity contribution in [3.05, 3.63) is 16.9 Å². The second-order valence-electron chi connectivity index (χ2n) is 5.04. The van der Waals surface area contributed by atoms with Crippen LogP contribution in [0.3, 0.4) is 0 Å². The van der Waals surface area contributed by atoms with Crippen molar-refractivity contribution in [1.82, 2.24) is 20.0 Å². The third kappa shape index (κ3) is 3.19. The first-order valence-corrected chi connectivity index (χ1v) is 7.16. The Bertz CT molecular complexity index is 546. The maximum atomic E-state index is 12.3. The maximum absolute atomic E-state index is 12.3. The summed E-state index contributed by atoms with van der Waals surface area (Å²) in [5, 5.41) is 7.27. The lowest BCUT2D eigenvalue weighted by Crippen LogP contribution is -2.37. The molecule has 1 N–H and O–H groups in total. The minimum Gasteiger partial charge on any atom is -0.468 e. The van der Waals surface area contributed by atoms with Gasteiger partial charge in [-0.2, -0.15) is 5.10 Å². The molecule has 8 heteroatoms. The number of halogens is 1. The number of aromatic nitrogens is 2. The van der Waals surface area contributed by atoms with Crippen molar-refractivity contribution >= 4 is 23.5 Å². The van der Waals surface area contributed by atoms with Crippen LogP contribution in [0.1, 0.15) is 23.8 Å². The van der Waals surface area contributed by atoms with Gasteiger partial charge in [0.25, 0.3) is 5.91 Å². The van der Waals surface area contributed by atoms with E-state index in [0.29, 0.717) is 30.2 Å². The van der Waals surface area contributed by atoms with E-state index in [1.807, 2.05) is 18.9 Å². The number of rotatable bonds is 4. The van der Waals surface area contributed by atoms with Crippen LogP contribution in [0.15, 0.2) is 6.20 Å². The van der Waals surface area contributed by atoms with Crippen molar-refractivity contribution < 1.29 is 14.3 Å². The molecule has 1 fully saturated rings. The van der Waals surface area contributed by atoms with E-state index in [1.165, 1.54) is 13.3 Å². The monoisotopic (exact) mass is 314 g/mol. The second kappa shape index (κ2) is 6.44. The average molecular weight is 315 g/mol. The molecule has 0 spiro atoms. The van der Waals surface area contributed by atoms with E-state index in [9.17, 15) is 9.59 Å². The van der Waals surface area contributed by atoms with Gasteiger partial charge in [0.05, 0.1) is 18.3 Å². The molecule has 1 saturated heterocycles. The molecule has 2 atom stereocenters. The number of likely N-dealkylation sites (tertiary alicyclic amines) is 1. The van der Waals surface area contributed by atoms with Crippen LogP contribution in [0.4, 0.5) is 0 Å². The quantitative estimate of drug-likeness (QED) is 0.821. The Balaban J connectivity index is 2.04. The van der Waals surface area contributed by atoms with Gasteiger partial charge in [0.15, 0.2) is 0 Å². The largest absolute Gasteiger partial charge is 0.468 e. The summed E-state index contributed by atoms with van der Waals surface area (Å²) >= 11 is 6.01. The zero-order valence-corrected chi connectivity index (χ0v) is 13.1. The third-order valence-corrected chi connectivity index (χ3v) is 3.94. The van der Waals surface area contributed by atoms with Crippen LogP contribution in [-0.4, -0.2) is 59.3 Å². The maximum Gasteiger partial charge on any atom is 0.323 e. The van der Waals surface area contributed by atoms with E-state index >= 15 is 0 Å². The highest BCUT2D eigenvalue weighted by molar-refractivity contribution is 6.33. The Hall–Kier alpha value is -1.60. The number of nitrogens with zero attached hydrogens (tertiary/aromatic N) is 3. The van der Waals surface area contributed by atoms with Crippen molar-refractivity contribution in [2.24, 2.45) is 0 Å². The van der Waals surface area contributed by atoms with E-state index in [0.717, 1.165) is 0 Å². The molecule has 1 aliphatic heterocycles. The first kappa shape index (κ1) is 15.8. The highest BCUT2D eigenvalue weighted by Crippen LogP contribution is 2.19. The Morgan fingerprint density at radius 3 is 2.90 bits per heavy atom. The van der Waals surface area contributed by atoms with Gasteiger partial charge >= 0.3 is 5.97 Å². The molecular formula is C13H19ClN4O3. The van der Waals surface area contributed by atoms with Gasteiger partial charge in [0.2, 0.25) is 0 Å². The number of hydrogen-bond donors (Lipinski definition) is 1. The Morgan fingerprint density at radius 1 is 1.57 bits per heavy atom. The summed E-state index contributed by atoms with van der Waals surface area (Å²) in [5.74, 6) is -0.561. The Morgan fingerprint density at radius 2 is 2.29 bits per heavy atom. The minimum absolute atomic E-state index is 0.122. The summed E-state index contributed by atoms with van der Waals surface area (Å²) in [6, 6.07) is -0.449. The lowest BCUT2D eigenvalue weighted by atomic mass is 10.1. The van der Waals surface area contributed by atoms with Gasteiger partial charge in [-0.25, -0.2) is 0 Å². The smallest absolute Gasteiger partial charge is 0.323 e. The van der Waals surface area contributed by atoms with E-state index < -0.39 is 0 Å². The molecule has 116 valence electrons. The van der Waals surface area contributed by atoms with Crippen molar-refractivity contribution in [2.45, 2.75) is 32.0 Å². The van der Waals surface area contributed by atoms with Crippen LogP contribution >= 0.6 is 11.6 Å². The predicted molar refractivity (Wildman–Crippen MR) is 77.2 cm³/mol. The second-order valence-corrected chi connectivity index (χ2v) is 5.45. The van der Waals surface area contributed by atoms with E-state index in [1.54, 1.807) is 4.68 Å². The number of aryl methyl sites for hydroxylation is 1. The fourth-order valence-corrected chi connectivity index (χ4v) is 2.82. The van der Waals surface area contributed by atoms with E-state index in [2.05, 4.69) is 10.4 Å². The topological polar surface area (TPSA) is 76.5 Å². The molecule has 0 aliphatic carbocycles. The van der Waals surface area contributed by atoms with Gasteiger partial charge in [-0.05, 0) is 20.4 Å². The minimum atomic E-state index is -0.327. The molecule has 7 nitrogen and oxygen atoms in total. The van der Waals surface area contributed by atoms with Gasteiger partial charge in [0.1, 0.15) is 11.7 Å². The van der Waals surface area contributed by atoms with Crippen molar-refractivity contribution in [1.29, 1.82) is 0 Å². The SMILES string of the molecule is CCn1ncc(Cl)c1C(=O)N[C@@H]1C[C@@H](C(=O)OC)N(C)C1. The Labute approximate surface area is 128 Å². The number of ether oxygens (including phenoxy) is 1. The molecular weight excluding hydrogens is 296 g/mol. The number of methoxy groups -OCH3 is 1. The molecule has 0 radical (unpaired) electrons. The lowest BCUT2D eigenvalue weighted by molar-refractivity contribution is -0.145. The van der Waals surface area contributed by atoms with Crippen molar-refractivity contribution in [3.63, 3.8) is 0 Å². The molecule has 0 aromatic carbocycles. The van der Waals surface area contributed by atoms with Gasteiger partial charge in [-0.3, -0.25) is 19.2 Å². The molecule has 1 aromatic rings. The summed E-state index contributed by atoms with van der Waals surface area (Å²) < 4.78 is 6.31. The molecule has 1 amide bonds. The summed E-state index contributed by atoms with van der Waals surface area (Å²) in [6.07, 6.45) is 1.98. The van der Waals surface area contributed by atoms with Crippen LogP contribution in [0.5, 0.6) is 0 Å². The standard InChI is InChI=1S/C13H19ClN4O3/c1-4-18-11(9(14)6-15-18)12(19)16-8-5-10(13(20)21-3)17(2)7-8/h6,8,10H,4-5,7H2,1-3H3,(H,16,19)/t8-,10+/m1/s1. The lowest BCUT2D eigenvalue weighted by Gasteiger charge is -2.15. The summed E-state index contributed by atoms with van der Waals surface area (Å²) in [7, 11) is 3.19. The fourth-order valence-electron chi connectivity index (χ4n) is 2.60. The zero-order valence-electron chi connectivity index (χ0n) is 12.3. The molecule has 21 heavy (non-hydrogen) atoms. The fraction of sp³-hybridized carbons (Fsp3) is 0.615. The highest BCUT2D eigenvalue weighted by Gasteiger charge is 2.36. The van der Waals surface area contributed by atoms with Crippen LogP contribution in [0, 0.1) is 0 Å².